The number of carbonyl (C=O) groups is 1. The first kappa shape index (κ1) is 22.7. The lowest BCUT2D eigenvalue weighted by Gasteiger charge is -2.28. The lowest BCUT2D eigenvalue weighted by molar-refractivity contribution is -0.116. The summed E-state index contributed by atoms with van der Waals surface area (Å²) in [4.78, 5) is 25.3. The van der Waals surface area contributed by atoms with E-state index >= 15 is 0 Å². The van der Waals surface area contributed by atoms with Crippen LogP contribution in [-0.4, -0.2) is 67.7 Å². The van der Waals surface area contributed by atoms with E-state index < -0.39 is 0 Å². The molecule has 0 spiro atoms. The number of likely N-dealkylation sites (N-methyl/N-ethyl adjacent to an activating group) is 1. The minimum absolute atomic E-state index is 0.0444. The molecule has 0 atom stereocenters. The number of aromatic nitrogens is 2. The van der Waals surface area contributed by atoms with Gasteiger partial charge >= 0.3 is 0 Å². The number of aryl methyl sites for hydroxylation is 1. The van der Waals surface area contributed by atoms with Gasteiger partial charge in [-0.3, -0.25) is 4.79 Å². The molecular formula is C25H30N6O2. The van der Waals surface area contributed by atoms with E-state index in [4.69, 9.17) is 9.72 Å². The Morgan fingerprint density at radius 3 is 2.36 bits per heavy atom. The van der Waals surface area contributed by atoms with Gasteiger partial charge in [-0.05, 0) is 63.0 Å². The zero-order valence-corrected chi connectivity index (χ0v) is 19.3. The molecule has 2 aromatic carbocycles. The molecular weight excluding hydrogens is 416 g/mol. The van der Waals surface area contributed by atoms with Gasteiger partial charge < -0.3 is 25.2 Å². The van der Waals surface area contributed by atoms with Gasteiger partial charge in [0.15, 0.2) is 0 Å². The second-order valence-electron chi connectivity index (χ2n) is 8.36. The van der Waals surface area contributed by atoms with Crippen molar-refractivity contribution in [1.82, 2.24) is 14.9 Å². The number of rotatable bonds is 7. The molecule has 1 saturated heterocycles. The number of morpholine rings is 1. The van der Waals surface area contributed by atoms with Gasteiger partial charge in [-0.2, -0.15) is 0 Å². The quantitative estimate of drug-likeness (QED) is 0.574. The molecule has 1 amide bonds. The Morgan fingerprint density at radius 1 is 1.03 bits per heavy atom. The molecule has 172 valence electrons. The van der Waals surface area contributed by atoms with Crippen molar-refractivity contribution in [1.29, 1.82) is 0 Å². The first-order valence-electron chi connectivity index (χ1n) is 11.1. The fourth-order valence-corrected chi connectivity index (χ4v) is 3.70. The normalized spacial score (nSPS) is 13.8. The topological polar surface area (TPSA) is 82.6 Å². The molecule has 0 aliphatic carbocycles. The van der Waals surface area contributed by atoms with E-state index in [0.29, 0.717) is 12.5 Å². The van der Waals surface area contributed by atoms with Gasteiger partial charge in [-0.25, -0.2) is 9.97 Å². The van der Waals surface area contributed by atoms with Gasteiger partial charge in [0.25, 0.3) is 0 Å². The number of hydrogen-bond acceptors (Lipinski definition) is 7. The van der Waals surface area contributed by atoms with E-state index in [9.17, 15) is 4.79 Å². The van der Waals surface area contributed by atoms with Crippen LogP contribution in [0.4, 0.5) is 23.0 Å². The molecule has 2 heterocycles. The van der Waals surface area contributed by atoms with Gasteiger partial charge in [0.05, 0.1) is 25.5 Å². The highest BCUT2D eigenvalue weighted by Gasteiger charge is 2.12. The Balaban J connectivity index is 1.45. The molecule has 1 aliphatic rings. The Bertz CT molecular complexity index is 1080. The fraction of sp³-hybridized carbons (Fsp3) is 0.320. The van der Waals surface area contributed by atoms with Gasteiger partial charge in [0.1, 0.15) is 0 Å². The van der Waals surface area contributed by atoms with Crippen LogP contribution < -0.4 is 15.5 Å². The molecule has 1 aromatic heterocycles. The standard InChI is InChI=1S/C25H30N6O2/c1-18-16-26-25(28-21-8-10-22(11-9-21)31-12-14-33-15-13-31)29-24(18)19-4-6-20(7-5-19)27-23(32)17-30(2)3/h4-11,16H,12-15,17H2,1-3H3,(H,27,32)(H,26,28,29). The van der Waals surface area contributed by atoms with Gasteiger partial charge in [-0.15, -0.1) is 0 Å². The van der Waals surface area contributed by atoms with Crippen molar-refractivity contribution in [2.75, 3.05) is 62.5 Å². The number of anilines is 4. The highest BCUT2D eigenvalue weighted by Crippen LogP contribution is 2.25. The van der Waals surface area contributed by atoms with E-state index in [1.54, 1.807) is 0 Å². The van der Waals surface area contributed by atoms with E-state index in [2.05, 4.69) is 32.7 Å². The smallest absolute Gasteiger partial charge is 0.238 e. The van der Waals surface area contributed by atoms with E-state index in [1.165, 1.54) is 5.69 Å². The summed E-state index contributed by atoms with van der Waals surface area (Å²) >= 11 is 0. The van der Waals surface area contributed by atoms with Crippen molar-refractivity contribution >= 4 is 28.9 Å². The van der Waals surface area contributed by atoms with Crippen molar-refractivity contribution < 1.29 is 9.53 Å². The highest BCUT2D eigenvalue weighted by atomic mass is 16.5. The van der Waals surface area contributed by atoms with Crippen LogP contribution in [0.2, 0.25) is 0 Å². The molecule has 4 rings (SSSR count). The Kier molecular flexibility index (Phi) is 7.16. The first-order chi connectivity index (χ1) is 16.0. The Labute approximate surface area is 194 Å². The van der Waals surface area contributed by atoms with Gasteiger partial charge in [0, 0.05) is 41.9 Å². The monoisotopic (exact) mass is 446 g/mol. The van der Waals surface area contributed by atoms with E-state index in [1.807, 2.05) is 68.5 Å². The Morgan fingerprint density at radius 2 is 1.70 bits per heavy atom. The number of amides is 1. The molecule has 33 heavy (non-hydrogen) atoms. The molecule has 1 aliphatic heterocycles. The van der Waals surface area contributed by atoms with Crippen LogP contribution in [0.15, 0.2) is 54.7 Å². The maximum absolute atomic E-state index is 12.0. The molecule has 0 unspecified atom stereocenters. The second kappa shape index (κ2) is 10.4. The molecule has 8 heteroatoms. The third-order valence-electron chi connectivity index (χ3n) is 5.37. The zero-order valence-electron chi connectivity index (χ0n) is 19.3. The summed E-state index contributed by atoms with van der Waals surface area (Å²) in [6, 6.07) is 16.0. The Hall–Kier alpha value is -3.49. The summed E-state index contributed by atoms with van der Waals surface area (Å²) in [6.45, 7) is 5.69. The number of benzene rings is 2. The van der Waals surface area contributed by atoms with Crippen molar-refractivity contribution in [2.24, 2.45) is 0 Å². The zero-order chi connectivity index (χ0) is 23.2. The maximum Gasteiger partial charge on any atom is 0.238 e. The van der Waals surface area contributed by atoms with E-state index in [-0.39, 0.29) is 5.91 Å². The van der Waals surface area contributed by atoms with Crippen molar-refractivity contribution in [3.8, 4) is 11.3 Å². The number of nitrogens with one attached hydrogen (secondary N) is 2. The molecule has 3 aromatic rings. The van der Waals surface area contributed by atoms with Crippen LogP contribution >= 0.6 is 0 Å². The summed E-state index contributed by atoms with van der Waals surface area (Å²) in [7, 11) is 3.73. The SMILES string of the molecule is Cc1cnc(Nc2ccc(N3CCOCC3)cc2)nc1-c1ccc(NC(=O)CN(C)C)cc1. The summed E-state index contributed by atoms with van der Waals surface area (Å²) in [5.74, 6) is 0.496. The lowest BCUT2D eigenvalue weighted by atomic mass is 10.1. The van der Waals surface area contributed by atoms with Crippen LogP contribution in [-0.2, 0) is 9.53 Å². The number of hydrogen-bond donors (Lipinski definition) is 2. The summed E-state index contributed by atoms with van der Waals surface area (Å²) < 4.78 is 5.43. The first-order valence-corrected chi connectivity index (χ1v) is 11.1. The van der Waals surface area contributed by atoms with Crippen LogP contribution in [0.1, 0.15) is 5.56 Å². The predicted octanol–water partition coefficient (Wildman–Crippen LogP) is 3.53. The summed E-state index contributed by atoms with van der Waals surface area (Å²) in [5.41, 5.74) is 5.67. The predicted molar refractivity (Wildman–Crippen MR) is 132 cm³/mol. The largest absolute Gasteiger partial charge is 0.378 e. The fourth-order valence-electron chi connectivity index (χ4n) is 3.70. The van der Waals surface area contributed by atoms with Crippen molar-refractivity contribution in [3.05, 3.63) is 60.3 Å². The second-order valence-corrected chi connectivity index (χ2v) is 8.36. The third-order valence-corrected chi connectivity index (χ3v) is 5.37. The minimum atomic E-state index is -0.0444. The minimum Gasteiger partial charge on any atom is -0.378 e. The maximum atomic E-state index is 12.0. The molecule has 0 radical (unpaired) electrons. The molecule has 2 N–H and O–H groups in total. The highest BCUT2D eigenvalue weighted by molar-refractivity contribution is 5.92. The number of nitrogens with zero attached hydrogens (tertiary/aromatic N) is 4. The molecule has 0 bridgehead atoms. The number of carbonyl (C=O) groups excluding carboxylic acids is 1. The molecule has 0 saturated carbocycles. The summed E-state index contributed by atoms with van der Waals surface area (Å²) in [6.07, 6.45) is 1.82. The van der Waals surface area contributed by atoms with Crippen LogP contribution in [0.25, 0.3) is 11.3 Å². The lowest BCUT2D eigenvalue weighted by Crippen LogP contribution is -2.36. The van der Waals surface area contributed by atoms with Crippen molar-refractivity contribution in [2.45, 2.75) is 6.92 Å². The average Bonchev–Trinajstić information content (AvgIpc) is 2.81. The molecule has 8 nitrogen and oxygen atoms in total. The van der Waals surface area contributed by atoms with Gasteiger partial charge in [-0.1, -0.05) is 12.1 Å². The van der Waals surface area contributed by atoms with Crippen LogP contribution in [0.5, 0.6) is 0 Å². The average molecular weight is 447 g/mol. The third kappa shape index (κ3) is 6.06. The molecule has 1 fully saturated rings. The number of ether oxygens (including phenoxy) is 1. The van der Waals surface area contributed by atoms with Crippen LogP contribution in [0.3, 0.4) is 0 Å². The van der Waals surface area contributed by atoms with Crippen molar-refractivity contribution in [3.63, 3.8) is 0 Å². The van der Waals surface area contributed by atoms with Crippen LogP contribution in [0, 0.1) is 6.92 Å². The van der Waals surface area contributed by atoms with Gasteiger partial charge in [0.2, 0.25) is 11.9 Å². The van der Waals surface area contributed by atoms with E-state index in [0.717, 1.165) is 54.5 Å². The summed E-state index contributed by atoms with van der Waals surface area (Å²) in [5, 5.41) is 6.20.